The number of carbonyl (C=O) groups excluding carboxylic acids is 1. The highest BCUT2D eigenvalue weighted by molar-refractivity contribution is 7.80. The Morgan fingerprint density at radius 2 is 1.77 bits per heavy atom. The van der Waals surface area contributed by atoms with E-state index in [1.165, 1.54) is 6.07 Å². The molecule has 0 spiro atoms. The topological polar surface area (TPSA) is 62.2 Å². The minimum Gasteiger partial charge on any atom is -0.352 e. The molecule has 0 unspecified atom stereocenters. The number of rotatable bonds is 7. The molecule has 1 fully saturated rings. The minimum absolute atomic E-state index is 0.108. The molecule has 1 amide bonds. The lowest BCUT2D eigenvalue weighted by Crippen LogP contribution is -2.33. The molecule has 0 saturated carbocycles. The fourth-order valence-electron chi connectivity index (χ4n) is 4.44. The molecule has 0 aliphatic carbocycles. The molecule has 2 aromatic heterocycles. The van der Waals surface area contributed by atoms with Gasteiger partial charge in [-0.3, -0.25) is 9.78 Å². The Morgan fingerprint density at radius 1 is 1.00 bits per heavy atom. The first-order valence-corrected chi connectivity index (χ1v) is 11.8. The first kappa shape index (κ1) is 22.7. The fourth-order valence-corrected chi connectivity index (χ4v) is 4.77. The number of amides is 1. The fraction of sp³-hybridized carbons (Fsp3) is 0.148. The van der Waals surface area contributed by atoms with Gasteiger partial charge in [0, 0.05) is 36.7 Å². The summed E-state index contributed by atoms with van der Waals surface area (Å²) in [6, 6.07) is 25.0. The van der Waals surface area contributed by atoms with Crippen molar-refractivity contribution in [1.82, 2.24) is 19.8 Å². The van der Waals surface area contributed by atoms with Crippen LogP contribution >= 0.6 is 12.2 Å². The van der Waals surface area contributed by atoms with Gasteiger partial charge in [0.1, 0.15) is 5.82 Å². The number of carbonyl (C=O) groups is 1. The Labute approximate surface area is 208 Å². The predicted octanol–water partition coefficient (Wildman–Crippen LogP) is 5.01. The largest absolute Gasteiger partial charge is 0.352 e. The monoisotopic (exact) mass is 485 g/mol. The zero-order valence-electron chi connectivity index (χ0n) is 18.8. The zero-order valence-corrected chi connectivity index (χ0v) is 19.7. The number of nitrogens with zero attached hydrogens (tertiary/aromatic N) is 3. The van der Waals surface area contributed by atoms with Crippen molar-refractivity contribution in [3.63, 3.8) is 0 Å². The summed E-state index contributed by atoms with van der Waals surface area (Å²) in [5.41, 5.74) is 2.86. The summed E-state index contributed by atoms with van der Waals surface area (Å²) < 4.78 is 16.6. The molecular formula is C27H24FN5OS. The Morgan fingerprint density at radius 3 is 2.54 bits per heavy atom. The summed E-state index contributed by atoms with van der Waals surface area (Å²) in [5.74, 6) is -0.426. The van der Waals surface area contributed by atoms with Crippen LogP contribution in [0, 0.1) is 5.82 Å². The highest BCUT2D eigenvalue weighted by atomic mass is 32.1. The smallest absolute Gasteiger partial charge is 0.226 e. The first-order valence-electron chi connectivity index (χ1n) is 11.4. The molecule has 1 saturated heterocycles. The molecule has 6 nitrogen and oxygen atoms in total. The Kier molecular flexibility index (Phi) is 6.54. The van der Waals surface area contributed by atoms with Crippen LogP contribution in [-0.4, -0.2) is 32.0 Å². The van der Waals surface area contributed by atoms with E-state index in [-0.39, 0.29) is 30.2 Å². The van der Waals surface area contributed by atoms with Gasteiger partial charge in [0.2, 0.25) is 5.91 Å². The average molecular weight is 486 g/mol. The minimum atomic E-state index is -0.318. The molecule has 3 heterocycles. The number of hydrogen-bond donors (Lipinski definition) is 2. The molecule has 176 valence electrons. The lowest BCUT2D eigenvalue weighted by molar-refractivity contribution is -0.116. The number of halogens is 1. The van der Waals surface area contributed by atoms with Gasteiger partial charge in [-0.05, 0) is 60.7 Å². The van der Waals surface area contributed by atoms with Crippen LogP contribution in [0.15, 0.2) is 97.3 Å². The molecule has 1 aliphatic heterocycles. The van der Waals surface area contributed by atoms with Crippen molar-refractivity contribution in [3.8, 4) is 5.69 Å². The van der Waals surface area contributed by atoms with Crippen LogP contribution in [0.1, 0.15) is 29.9 Å². The second kappa shape index (κ2) is 10.1. The van der Waals surface area contributed by atoms with Crippen LogP contribution in [0.4, 0.5) is 10.1 Å². The molecule has 1 aliphatic rings. The first-order chi connectivity index (χ1) is 17.1. The Bertz CT molecular complexity index is 1330. The van der Waals surface area contributed by atoms with Gasteiger partial charge in [-0.2, -0.15) is 0 Å². The van der Waals surface area contributed by atoms with E-state index in [0.29, 0.717) is 17.3 Å². The summed E-state index contributed by atoms with van der Waals surface area (Å²) in [6.07, 6.45) is 3.82. The van der Waals surface area contributed by atoms with Gasteiger partial charge in [-0.25, -0.2) is 4.39 Å². The molecule has 5 rings (SSSR count). The van der Waals surface area contributed by atoms with E-state index in [1.54, 1.807) is 18.3 Å². The third kappa shape index (κ3) is 4.79. The number of benzene rings is 2. The summed E-state index contributed by atoms with van der Waals surface area (Å²) >= 11 is 5.71. The summed E-state index contributed by atoms with van der Waals surface area (Å²) in [5, 5.41) is 6.83. The van der Waals surface area contributed by atoms with Gasteiger partial charge in [0.25, 0.3) is 0 Å². The number of pyridine rings is 1. The third-order valence-electron chi connectivity index (χ3n) is 6.03. The number of para-hydroxylation sites is 2. The van der Waals surface area contributed by atoms with Crippen LogP contribution < -0.4 is 10.6 Å². The van der Waals surface area contributed by atoms with Crippen molar-refractivity contribution >= 4 is 28.9 Å². The van der Waals surface area contributed by atoms with Crippen molar-refractivity contribution in [2.45, 2.75) is 18.5 Å². The van der Waals surface area contributed by atoms with Gasteiger partial charge < -0.3 is 20.1 Å². The lowest BCUT2D eigenvalue weighted by atomic mass is 10.0. The maximum absolute atomic E-state index is 14.7. The second-order valence-electron chi connectivity index (χ2n) is 8.24. The summed E-state index contributed by atoms with van der Waals surface area (Å²) in [7, 11) is 0. The summed E-state index contributed by atoms with van der Waals surface area (Å²) in [4.78, 5) is 19.2. The van der Waals surface area contributed by atoms with E-state index in [1.807, 2.05) is 82.4 Å². The molecule has 35 heavy (non-hydrogen) atoms. The Balaban J connectivity index is 1.46. The SMILES string of the molecule is O=C(CCN1C(=S)N[C@@H](c2ccccn2)[C@@H]1c1cccn1-c1ccccc1F)Nc1ccccc1. The number of nitrogens with one attached hydrogen (secondary N) is 2. The molecule has 2 N–H and O–H groups in total. The van der Waals surface area contributed by atoms with E-state index in [9.17, 15) is 9.18 Å². The van der Waals surface area contributed by atoms with Crippen LogP contribution in [0.25, 0.3) is 5.69 Å². The highest BCUT2D eigenvalue weighted by Crippen LogP contribution is 2.39. The van der Waals surface area contributed by atoms with Crippen LogP contribution in [-0.2, 0) is 4.79 Å². The van der Waals surface area contributed by atoms with E-state index in [2.05, 4.69) is 15.6 Å². The zero-order chi connectivity index (χ0) is 24.2. The van der Waals surface area contributed by atoms with Crippen LogP contribution in [0.3, 0.4) is 0 Å². The average Bonchev–Trinajstić information content (AvgIpc) is 3.48. The lowest BCUT2D eigenvalue weighted by Gasteiger charge is -2.29. The highest BCUT2D eigenvalue weighted by Gasteiger charge is 2.41. The number of anilines is 1. The molecule has 8 heteroatoms. The van der Waals surface area contributed by atoms with Crippen molar-refractivity contribution < 1.29 is 9.18 Å². The molecule has 2 aromatic carbocycles. The van der Waals surface area contributed by atoms with Gasteiger partial charge >= 0.3 is 0 Å². The maximum atomic E-state index is 14.7. The Hall–Kier alpha value is -4.04. The van der Waals surface area contributed by atoms with Crippen LogP contribution in [0.2, 0.25) is 0 Å². The van der Waals surface area contributed by atoms with E-state index < -0.39 is 0 Å². The molecule has 0 bridgehead atoms. The quantitative estimate of drug-likeness (QED) is 0.360. The van der Waals surface area contributed by atoms with E-state index in [0.717, 1.165) is 17.1 Å². The predicted molar refractivity (Wildman–Crippen MR) is 138 cm³/mol. The van der Waals surface area contributed by atoms with Gasteiger partial charge in [-0.15, -0.1) is 0 Å². The van der Waals surface area contributed by atoms with Gasteiger partial charge in [0.05, 0.1) is 23.5 Å². The molecule has 2 atom stereocenters. The van der Waals surface area contributed by atoms with Crippen molar-refractivity contribution in [1.29, 1.82) is 0 Å². The third-order valence-corrected chi connectivity index (χ3v) is 6.38. The van der Waals surface area contributed by atoms with Crippen molar-refractivity contribution in [3.05, 3.63) is 115 Å². The van der Waals surface area contributed by atoms with E-state index in [4.69, 9.17) is 12.2 Å². The normalized spacial score (nSPS) is 17.3. The van der Waals surface area contributed by atoms with Crippen LogP contribution in [0.5, 0.6) is 0 Å². The number of thiocarbonyl (C=S) groups is 1. The number of hydrogen-bond acceptors (Lipinski definition) is 3. The van der Waals surface area contributed by atoms with Crippen molar-refractivity contribution in [2.75, 3.05) is 11.9 Å². The second-order valence-corrected chi connectivity index (χ2v) is 8.63. The summed E-state index contributed by atoms with van der Waals surface area (Å²) in [6.45, 7) is 0.390. The molecule has 4 aromatic rings. The van der Waals surface area contributed by atoms with Crippen molar-refractivity contribution in [2.24, 2.45) is 0 Å². The van der Waals surface area contributed by atoms with E-state index >= 15 is 0 Å². The van der Waals surface area contributed by atoms with Gasteiger partial charge in [-0.1, -0.05) is 36.4 Å². The standard InChI is InChI=1S/C27H24FN5OS/c28-20-11-4-5-13-22(20)32-17-8-14-23(32)26-25(21-12-6-7-16-29-21)31-27(35)33(26)18-15-24(34)30-19-9-2-1-3-10-19/h1-14,16-17,25-26H,15,18H2,(H,30,34)(H,31,35)/t25-,26-/m0/s1. The molecule has 0 radical (unpaired) electrons. The van der Waals surface area contributed by atoms with Gasteiger partial charge in [0.15, 0.2) is 5.11 Å². The number of aromatic nitrogens is 2. The molecular weight excluding hydrogens is 461 g/mol. The maximum Gasteiger partial charge on any atom is 0.226 e.